The summed E-state index contributed by atoms with van der Waals surface area (Å²) >= 11 is 0. The first kappa shape index (κ1) is 17.2. The van der Waals surface area contributed by atoms with Crippen LogP contribution in [0.3, 0.4) is 0 Å². The number of nitrogens with one attached hydrogen (secondary N) is 1. The van der Waals surface area contributed by atoms with Gasteiger partial charge < -0.3 is 5.32 Å². The number of benzene rings is 1. The summed E-state index contributed by atoms with van der Waals surface area (Å²) in [4.78, 5) is 2.54. The maximum atomic E-state index is 3.55. The maximum Gasteiger partial charge on any atom is 0.0236 e. The fourth-order valence-electron chi connectivity index (χ4n) is 2.28. The normalized spacial score (nSPS) is 13.8. The topological polar surface area (TPSA) is 15.3 Å². The van der Waals surface area contributed by atoms with Gasteiger partial charge in [-0.05, 0) is 51.8 Å². The molecule has 0 aromatic heterocycles. The highest BCUT2D eigenvalue weighted by Gasteiger charge is 2.11. The van der Waals surface area contributed by atoms with Gasteiger partial charge in [0.2, 0.25) is 0 Å². The van der Waals surface area contributed by atoms with Crippen LogP contribution in [0.4, 0.5) is 0 Å². The van der Waals surface area contributed by atoms with Crippen LogP contribution in [0.25, 0.3) is 0 Å². The Hall–Kier alpha value is -0.860. The molecule has 2 nitrogen and oxygen atoms in total. The Balaban J connectivity index is 2.67. The second-order valence-electron chi connectivity index (χ2n) is 6.74. The van der Waals surface area contributed by atoms with Gasteiger partial charge in [0, 0.05) is 24.7 Å². The van der Waals surface area contributed by atoms with Crippen LogP contribution in [0, 0.1) is 0 Å². The Morgan fingerprint density at radius 1 is 1.15 bits per heavy atom. The predicted molar refractivity (Wildman–Crippen MR) is 88.9 cm³/mol. The molecule has 20 heavy (non-hydrogen) atoms. The average molecular weight is 276 g/mol. The summed E-state index contributed by atoms with van der Waals surface area (Å²) < 4.78 is 0. The van der Waals surface area contributed by atoms with E-state index < -0.39 is 0 Å². The first-order valence-electron chi connectivity index (χ1n) is 7.92. The van der Waals surface area contributed by atoms with Crippen molar-refractivity contribution in [2.75, 3.05) is 6.54 Å². The highest BCUT2D eigenvalue weighted by atomic mass is 15.1. The monoisotopic (exact) mass is 276 g/mol. The van der Waals surface area contributed by atoms with Crippen LogP contribution in [0.1, 0.15) is 59.1 Å². The number of hydrogen-bond donors (Lipinski definition) is 1. The molecule has 0 aliphatic rings. The van der Waals surface area contributed by atoms with Crippen LogP contribution in [-0.2, 0) is 13.1 Å². The summed E-state index contributed by atoms with van der Waals surface area (Å²) in [5.74, 6) is 0. The lowest BCUT2D eigenvalue weighted by Crippen LogP contribution is -2.35. The third-order valence-electron chi connectivity index (χ3n) is 3.82. The lowest BCUT2D eigenvalue weighted by Gasteiger charge is -2.27. The van der Waals surface area contributed by atoms with E-state index in [4.69, 9.17) is 0 Å². The zero-order chi connectivity index (χ0) is 15.2. The third kappa shape index (κ3) is 6.06. The van der Waals surface area contributed by atoms with Crippen molar-refractivity contribution in [3.63, 3.8) is 0 Å². The summed E-state index contributed by atoms with van der Waals surface area (Å²) in [6.45, 7) is 16.5. The van der Waals surface area contributed by atoms with E-state index in [1.165, 1.54) is 17.5 Å². The van der Waals surface area contributed by atoms with Crippen molar-refractivity contribution >= 4 is 0 Å². The van der Waals surface area contributed by atoms with Crippen LogP contribution in [-0.4, -0.2) is 23.0 Å². The van der Waals surface area contributed by atoms with E-state index in [1.807, 2.05) is 0 Å². The number of nitrogens with zero attached hydrogens (tertiary/aromatic N) is 1. The second kappa shape index (κ2) is 7.80. The molecule has 1 aromatic rings. The fourth-order valence-corrected chi connectivity index (χ4v) is 2.28. The molecule has 0 heterocycles. The van der Waals surface area contributed by atoms with E-state index in [1.54, 1.807) is 0 Å². The zero-order valence-electron chi connectivity index (χ0n) is 14.2. The van der Waals surface area contributed by atoms with Gasteiger partial charge in [-0.25, -0.2) is 0 Å². The van der Waals surface area contributed by atoms with Crippen LogP contribution in [0.15, 0.2) is 24.3 Å². The summed E-state index contributed by atoms with van der Waals surface area (Å²) in [7, 11) is 0. The van der Waals surface area contributed by atoms with Gasteiger partial charge in [0.05, 0.1) is 0 Å². The Morgan fingerprint density at radius 3 is 2.35 bits per heavy atom. The summed E-state index contributed by atoms with van der Waals surface area (Å²) in [5, 5.41) is 3.55. The highest BCUT2D eigenvalue weighted by Crippen LogP contribution is 2.13. The van der Waals surface area contributed by atoms with Crippen molar-refractivity contribution in [1.29, 1.82) is 0 Å². The molecule has 1 atom stereocenters. The van der Waals surface area contributed by atoms with Crippen molar-refractivity contribution in [2.45, 2.75) is 72.6 Å². The molecule has 0 aliphatic carbocycles. The molecule has 0 bridgehead atoms. The molecule has 0 fully saturated rings. The van der Waals surface area contributed by atoms with Gasteiger partial charge in [-0.3, -0.25) is 4.90 Å². The molecule has 2 heteroatoms. The minimum absolute atomic E-state index is 0.169. The van der Waals surface area contributed by atoms with Gasteiger partial charge in [0.15, 0.2) is 0 Å². The second-order valence-corrected chi connectivity index (χ2v) is 6.74. The zero-order valence-corrected chi connectivity index (χ0v) is 14.2. The Labute approximate surface area is 125 Å². The van der Waals surface area contributed by atoms with E-state index in [-0.39, 0.29) is 5.54 Å². The van der Waals surface area contributed by atoms with Crippen molar-refractivity contribution in [3.05, 3.63) is 35.4 Å². The predicted octanol–water partition coefficient (Wildman–Crippen LogP) is 4.20. The third-order valence-corrected chi connectivity index (χ3v) is 3.82. The van der Waals surface area contributed by atoms with Gasteiger partial charge in [-0.2, -0.15) is 0 Å². The lowest BCUT2D eigenvalue weighted by atomic mass is 10.1. The van der Waals surface area contributed by atoms with E-state index in [2.05, 4.69) is 76.0 Å². The molecule has 0 radical (unpaired) electrons. The molecule has 1 N–H and O–H groups in total. The summed E-state index contributed by atoms with van der Waals surface area (Å²) in [5.41, 5.74) is 2.96. The molecular formula is C18H32N2. The van der Waals surface area contributed by atoms with E-state index in [9.17, 15) is 0 Å². The molecule has 0 saturated carbocycles. The SMILES string of the molecule is CCC(C)N(CC)Cc1cccc(CNC(C)(C)C)c1. The van der Waals surface area contributed by atoms with E-state index in [0.29, 0.717) is 6.04 Å². The van der Waals surface area contributed by atoms with E-state index >= 15 is 0 Å². The van der Waals surface area contributed by atoms with Gasteiger partial charge in [-0.15, -0.1) is 0 Å². The lowest BCUT2D eigenvalue weighted by molar-refractivity contribution is 0.206. The Kier molecular flexibility index (Phi) is 6.70. The van der Waals surface area contributed by atoms with Gasteiger partial charge >= 0.3 is 0 Å². The van der Waals surface area contributed by atoms with Crippen LogP contribution in [0.2, 0.25) is 0 Å². The van der Waals surface area contributed by atoms with Gasteiger partial charge in [0.1, 0.15) is 0 Å². The molecule has 0 amide bonds. The molecule has 114 valence electrons. The largest absolute Gasteiger partial charge is 0.308 e. The molecular weight excluding hydrogens is 244 g/mol. The summed E-state index contributed by atoms with van der Waals surface area (Å²) in [6.07, 6.45) is 1.21. The number of hydrogen-bond acceptors (Lipinski definition) is 2. The maximum absolute atomic E-state index is 3.55. The highest BCUT2D eigenvalue weighted by molar-refractivity contribution is 5.23. The van der Waals surface area contributed by atoms with Gasteiger partial charge in [0.25, 0.3) is 0 Å². The quantitative estimate of drug-likeness (QED) is 0.803. The van der Waals surface area contributed by atoms with Crippen LogP contribution < -0.4 is 5.32 Å². The van der Waals surface area contributed by atoms with Gasteiger partial charge in [-0.1, -0.05) is 38.1 Å². The smallest absolute Gasteiger partial charge is 0.0236 e. The molecule has 0 spiro atoms. The first-order valence-corrected chi connectivity index (χ1v) is 7.92. The Morgan fingerprint density at radius 2 is 1.80 bits per heavy atom. The fraction of sp³-hybridized carbons (Fsp3) is 0.667. The number of rotatable bonds is 7. The molecule has 1 rings (SSSR count). The minimum atomic E-state index is 0.169. The average Bonchev–Trinajstić information content (AvgIpc) is 2.41. The standard InChI is InChI=1S/C18H32N2/c1-7-15(3)20(8-2)14-17-11-9-10-16(12-17)13-19-18(4,5)6/h9-12,15,19H,7-8,13-14H2,1-6H3. The van der Waals surface area contributed by atoms with Crippen molar-refractivity contribution < 1.29 is 0 Å². The summed E-state index contributed by atoms with van der Waals surface area (Å²) in [6, 6.07) is 9.62. The minimum Gasteiger partial charge on any atom is -0.308 e. The van der Waals surface area contributed by atoms with Crippen LogP contribution in [0.5, 0.6) is 0 Å². The van der Waals surface area contributed by atoms with Crippen molar-refractivity contribution in [1.82, 2.24) is 10.2 Å². The molecule has 1 aromatic carbocycles. The van der Waals surface area contributed by atoms with Crippen molar-refractivity contribution in [2.24, 2.45) is 0 Å². The Bertz CT molecular complexity index is 393. The van der Waals surface area contributed by atoms with Crippen LogP contribution >= 0.6 is 0 Å². The molecule has 0 saturated heterocycles. The van der Waals surface area contributed by atoms with Crippen molar-refractivity contribution in [3.8, 4) is 0 Å². The molecule has 0 aliphatic heterocycles. The first-order chi connectivity index (χ1) is 9.35. The van der Waals surface area contributed by atoms with E-state index in [0.717, 1.165) is 19.6 Å². The molecule has 1 unspecified atom stereocenters.